The molecule has 0 spiro atoms. The molecule has 1 aliphatic heterocycles. The van der Waals surface area contributed by atoms with E-state index in [-0.39, 0.29) is 18.0 Å². The van der Waals surface area contributed by atoms with E-state index >= 15 is 0 Å². The Bertz CT molecular complexity index is 476. The molecule has 1 heterocycles. The van der Waals surface area contributed by atoms with Crippen molar-refractivity contribution in [2.75, 3.05) is 18.0 Å². The first kappa shape index (κ1) is 14.3. The number of hydrogen-bond acceptors (Lipinski definition) is 3. The zero-order valence-corrected chi connectivity index (χ0v) is 12.9. The molecule has 104 valence electrons. The summed E-state index contributed by atoms with van der Waals surface area (Å²) in [5.41, 5.74) is 8.04. The SMILES string of the molecule is CCC1C(=O)NCCN1c1ccc([C@H](C)N)cc1Br. The molecule has 1 aromatic carbocycles. The Morgan fingerprint density at radius 3 is 2.89 bits per heavy atom. The molecule has 2 atom stereocenters. The van der Waals surface area contributed by atoms with Crippen molar-refractivity contribution >= 4 is 27.5 Å². The van der Waals surface area contributed by atoms with Crippen LogP contribution >= 0.6 is 15.9 Å². The Balaban J connectivity index is 2.32. The number of hydrogen-bond donors (Lipinski definition) is 2. The van der Waals surface area contributed by atoms with Crippen LogP contribution < -0.4 is 16.0 Å². The minimum Gasteiger partial charge on any atom is -0.357 e. The highest BCUT2D eigenvalue weighted by Gasteiger charge is 2.29. The van der Waals surface area contributed by atoms with Gasteiger partial charge in [-0.3, -0.25) is 4.79 Å². The first-order valence-electron chi connectivity index (χ1n) is 6.64. The maximum Gasteiger partial charge on any atom is 0.242 e. The summed E-state index contributed by atoms with van der Waals surface area (Å²) in [4.78, 5) is 14.1. The third kappa shape index (κ3) is 2.92. The van der Waals surface area contributed by atoms with Gasteiger partial charge in [0.1, 0.15) is 6.04 Å². The fourth-order valence-corrected chi connectivity index (χ4v) is 3.07. The first-order chi connectivity index (χ1) is 9.04. The van der Waals surface area contributed by atoms with Gasteiger partial charge < -0.3 is 16.0 Å². The number of amides is 1. The molecule has 3 N–H and O–H groups in total. The van der Waals surface area contributed by atoms with Crippen LogP contribution in [0.5, 0.6) is 0 Å². The van der Waals surface area contributed by atoms with Crippen molar-refractivity contribution in [1.29, 1.82) is 0 Å². The van der Waals surface area contributed by atoms with Crippen LogP contribution in [0.1, 0.15) is 31.9 Å². The molecule has 0 saturated carbocycles. The molecule has 19 heavy (non-hydrogen) atoms. The number of nitrogens with zero attached hydrogens (tertiary/aromatic N) is 1. The molecule has 0 aliphatic carbocycles. The van der Waals surface area contributed by atoms with Gasteiger partial charge >= 0.3 is 0 Å². The maximum atomic E-state index is 11.9. The fraction of sp³-hybridized carbons (Fsp3) is 0.500. The van der Waals surface area contributed by atoms with Crippen molar-refractivity contribution in [1.82, 2.24) is 5.32 Å². The predicted molar refractivity (Wildman–Crippen MR) is 81.2 cm³/mol. The quantitative estimate of drug-likeness (QED) is 0.895. The van der Waals surface area contributed by atoms with E-state index in [2.05, 4.69) is 26.1 Å². The van der Waals surface area contributed by atoms with Crippen molar-refractivity contribution in [2.24, 2.45) is 5.73 Å². The van der Waals surface area contributed by atoms with E-state index in [9.17, 15) is 4.79 Å². The zero-order chi connectivity index (χ0) is 14.0. The van der Waals surface area contributed by atoms with Gasteiger partial charge in [-0.25, -0.2) is 0 Å². The summed E-state index contributed by atoms with van der Waals surface area (Å²) in [5.74, 6) is 0.108. The van der Waals surface area contributed by atoms with Crippen LogP contribution in [0.2, 0.25) is 0 Å². The number of benzene rings is 1. The zero-order valence-electron chi connectivity index (χ0n) is 11.3. The van der Waals surface area contributed by atoms with Crippen LogP contribution in [-0.4, -0.2) is 25.0 Å². The highest BCUT2D eigenvalue weighted by Crippen LogP contribution is 2.31. The molecule has 0 aromatic heterocycles. The summed E-state index contributed by atoms with van der Waals surface area (Å²) in [6.07, 6.45) is 0.799. The Labute approximate surface area is 122 Å². The van der Waals surface area contributed by atoms with E-state index < -0.39 is 0 Å². The standard InChI is InChI=1S/C14H20BrN3O/c1-3-12-14(19)17-6-7-18(12)13-5-4-10(9(2)16)8-11(13)15/h4-5,8-9,12H,3,6-7,16H2,1-2H3,(H,17,19)/t9-,12?/m0/s1. The van der Waals surface area contributed by atoms with Crippen molar-refractivity contribution in [3.05, 3.63) is 28.2 Å². The van der Waals surface area contributed by atoms with Crippen LogP contribution in [0.25, 0.3) is 0 Å². The van der Waals surface area contributed by atoms with Crippen LogP contribution in [0.4, 0.5) is 5.69 Å². The van der Waals surface area contributed by atoms with Crippen molar-refractivity contribution in [3.63, 3.8) is 0 Å². The van der Waals surface area contributed by atoms with Crippen LogP contribution in [0.15, 0.2) is 22.7 Å². The fourth-order valence-electron chi connectivity index (χ4n) is 2.45. The summed E-state index contributed by atoms with van der Waals surface area (Å²) in [7, 11) is 0. The molecule has 1 unspecified atom stereocenters. The third-order valence-electron chi connectivity index (χ3n) is 3.52. The second-order valence-electron chi connectivity index (χ2n) is 4.91. The average Bonchev–Trinajstić information content (AvgIpc) is 2.38. The van der Waals surface area contributed by atoms with Gasteiger partial charge in [0.25, 0.3) is 0 Å². The molecule has 0 radical (unpaired) electrons. The van der Waals surface area contributed by atoms with Gasteiger partial charge in [-0.1, -0.05) is 13.0 Å². The molecule has 1 amide bonds. The highest BCUT2D eigenvalue weighted by atomic mass is 79.9. The van der Waals surface area contributed by atoms with Gasteiger partial charge in [0.15, 0.2) is 0 Å². The van der Waals surface area contributed by atoms with Gasteiger partial charge in [-0.2, -0.15) is 0 Å². The van der Waals surface area contributed by atoms with Crippen LogP contribution in [0.3, 0.4) is 0 Å². The molecule has 0 bridgehead atoms. The summed E-state index contributed by atoms with van der Waals surface area (Å²) < 4.78 is 0.996. The number of nitrogens with one attached hydrogen (secondary N) is 1. The third-order valence-corrected chi connectivity index (χ3v) is 4.16. The van der Waals surface area contributed by atoms with Gasteiger partial charge in [0, 0.05) is 23.6 Å². The van der Waals surface area contributed by atoms with E-state index in [0.29, 0.717) is 6.54 Å². The van der Waals surface area contributed by atoms with Crippen LogP contribution in [-0.2, 0) is 4.79 Å². The lowest BCUT2D eigenvalue weighted by atomic mass is 10.1. The monoisotopic (exact) mass is 325 g/mol. The van der Waals surface area contributed by atoms with Crippen molar-refractivity contribution in [3.8, 4) is 0 Å². The Kier molecular flexibility index (Phi) is 4.47. The number of rotatable bonds is 3. The normalized spacial score (nSPS) is 21.2. The lowest BCUT2D eigenvalue weighted by Gasteiger charge is -2.37. The smallest absolute Gasteiger partial charge is 0.242 e. The minimum atomic E-state index is -0.0915. The average molecular weight is 326 g/mol. The first-order valence-corrected chi connectivity index (χ1v) is 7.43. The van der Waals surface area contributed by atoms with Crippen LogP contribution in [0, 0.1) is 0 Å². The molecule has 5 heteroatoms. The van der Waals surface area contributed by atoms with E-state index in [4.69, 9.17) is 5.73 Å². The Hall–Kier alpha value is -1.07. The number of anilines is 1. The summed E-state index contributed by atoms with van der Waals surface area (Å²) in [5, 5.41) is 2.92. The lowest BCUT2D eigenvalue weighted by molar-refractivity contribution is -0.123. The topological polar surface area (TPSA) is 58.4 Å². The minimum absolute atomic E-state index is 0.0111. The number of carbonyl (C=O) groups is 1. The van der Waals surface area contributed by atoms with Gasteiger partial charge in [0.05, 0.1) is 5.69 Å². The number of nitrogens with two attached hydrogens (primary N) is 1. The van der Waals surface area contributed by atoms with E-state index in [0.717, 1.165) is 28.7 Å². The molecule has 1 aromatic rings. The Morgan fingerprint density at radius 1 is 1.58 bits per heavy atom. The predicted octanol–water partition coefficient (Wildman–Crippen LogP) is 2.18. The molecular weight excluding hydrogens is 306 g/mol. The molecule has 1 aliphatic rings. The number of halogens is 1. The van der Waals surface area contributed by atoms with E-state index in [1.54, 1.807) is 0 Å². The second kappa shape index (κ2) is 5.92. The largest absolute Gasteiger partial charge is 0.357 e. The summed E-state index contributed by atoms with van der Waals surface area (Å²) in [6, 6.07) is 6.04. The maximum absolute atomic E-state index is 11.9. The van der Waals surface area contributed by atoms with E-state index in [1.807, 2.05) is 32.0 Å². The van der Waals surface area contributed by atoms with Gasteiger partial charge in [-0.15, -0.1) is 0 Å². The molecule has 1 saturated heterocycles. The van der Waals surface area contributed by atoms with Crippen molar-refractivity contribution in [2.45, 2.75) is 32.4 Å². The number of carbonyl (C=O) groups excluding carboxylic acids is 1. The van der Waals surface area contributed by atoms with Gasteiger partial charge in [0.2, 0.25) is 5.91 Å². The van der Waals surface area contributed by atoms with Crippen molar-refractivity contribution < 1.29 is 4.79 Å². The highest BCUT2D eigenvalue weighted by molar-refractivity contribution is 9.10. The molecule has 1 fully saturated rings. The summed E-state index contributed by atoms with van der Waals surface area (Å²) in [6.45, 7) is 5.52. The summed E-state index contributed by atoms with van der Waals surface area (Å²) >= 11 is 3.60. The molecule has 2 rings (SSSR count). The second-order valence-corrected chi connectivity index (χ2v) is 5.76. The molecular formula is C14H20BrN3O. The van der Waals surface area contributed by atoms with E-state index in [1.165, 1.54) is 0 Å². The lowest BCUT2D eigenvalue weighted by Crippen LogP contribution is -2.55. The van der Waals surface area contributed by atoms with Gasteiger partial charge in [-0.05, 0) is 47.0 Å². The number of piperazine rings is 1. The Morgan fingerprint density at radius 2 is 2.32 bits per heavy atom. The molecule has 4 nitrogen and oxygen atoms in total.